The molecule has 24 heavy (non-hydrogen) atoms. The van der Waals surface area contributed by atoms with E-state index in [0.717, 1.165) is 32.6 Å². The predicted octanol–water partition coefficient (Wildman–Crippen LogP) is -0.773. The van der Waals surface area contributed by atoms with Crippen molar-refractivity contribution >= 4 is 34.2 Å². The van der Waals surface area contributed by atoms with E-state index in [-0.39, 0.29) is 29.3 Å². The maximum atomic E-state index is 12.4. The number of hydrogen-bond donors (Lipinski definition) is 2. The Balaban J connectivity index is 0.00000208. The topological polar surface area (TPSA) is 90.4 Å². The van der Waals surface area contributed by atoms with Crippen molar-refractivity contribution in [2.24, 2.45) is 0 Å². The lowest BCUT2D eigenvalue weighted by Crippen LogP contribution is -2.49. The van der Waals surface area contributed by atoms with Crippen LogP contribution in [0.5, 0.6) is 0 Å². The number of piperazine rings is 1. The van der Waals surface area contributed by atoms with Gasteiger partial charge >= 0.3 is 5.69 Å². The Morgan fingerprint density at radius 3 is 2.67 bits per heavy atom. The molecule has 3 rings (SSSR count). The Hall–Kier alpha value is -1.16. The maximum Gasteiger partial charge on any atom is 0.328 e. The fourth-order valence-corrected chi connectivity index (χ4v) is 3.51. The number of hydrogen-bond acceptors (Lipinski definition) is 5. The summed E-state index contributed by atoms with van der Waals surface area (Å²) in [7, 11) is 0. The Morgan fingerprint density at radius 2 is 1.96 bits per heavy atom. The number of nitrogens with zero attached hydrogens (tertiary/aromatic N) is 3. The van der Waals surface area contributed by atoms with Crippen LogP contribution >= 0.6 is 28.3 Å². The molecule has 10 heteroatoms. The Labute approximate surface area is 153 Å². The summed E-state index contributed by atoms with van der Waals surface area (Å²) in [5.41, 5.74) is -1.05. The van der Waals surface area contributed by atoms with Crippen LogP contribution in [0, 0.1) is 0 Å². The first-order valence-electron chi connectivity index (χ1n) is 7.76. The zero-order chi connectivity index (χ0) is 16.4. The molecule has 2 aliphatic heterocycles. The molecule has 0 saturated carbocycles. The van der Waals surface area contributed by atoms with Crippen molar-refractivity contribution in [3.63, 3.8) is 0 Å². The number of carbonyl (C=O) groups excluding carboxylic acids is 1. The molecule has 0 spiro atoms. The summed E-state index contributed by atoms with van der Waals surface area (Å²) < 4.78 is 1.47. The van der Waals surface area contributed by atoms with Gasteiger partial charge in [-0.15, -0.1) is 12.4 Å². The molecule has 2 N–H and O–H groups in total. The quantitative estimate of drug-likeness (QED) is 0.667. The Kier molecular flexibility index (Phi) is 6.62. The zero-order valence-corrected chi connectivity index (χ0v) is 15.6. The number of nitrogens with one attached hydrogen (secondary N) is 2. The summed E-state index contributed by atoms with van der Waals surface area (Å²) in [5.74, 6) is -0.0938. The van der Waals surface area contributed by atoms with Crippen molar-refractivity contribution in [2.75, 3.05) is 39.3 Å². The standard InChI is InChI=1S/C14H20BrN5O3.ClH/c15-11-8-20(14(23)17-13(11)22)9-12(21)19-4-1-10(7-19)18-5-2-16-3-6-18;/h8,10,16H,1-7,9H2,(H,17,22,23);1H. The molecule has 1 aromatic heterocycles. The van der Waals surface area contributed by atoms with Gasteiger partial charge in [-0.25, -0.2) is 4.79 Å². The molecule has 1 atom stereocenters. The van der Waals surface area contributed by atoms with Crippen molar-refractivity contribution in [3.8, 4) is 0 Å². The van der Waals surface area contributed by atoms with Crippen LogP contribution in [-0.2, 0) is 11.3 Å². The van der Waals surface area contributed by atoms with Crippen LogP contribution in [0.1, 0.15) is 6.42 Å². The smallest absolute Gasteiger partial charge is 0.328 e. The number of likely N-dealkylation sites (tertiary alicyclic amines) is 1. The lowest BCUT2D eigenvalue weighted by atomic mass is 10.2. The molecule has 8 nitrogen and oxygen atoms in total. The molecule has 1 unspecified atom stereocenters. The molecule has 1 amide bonds. The number of halogens is 2. The minimum Gasteiger partial charge on any atom is -0.340 e. The van der Waals surface area contributed by atoms with E-state index in [9.17, 15) is 14.4 Å². The maximum absolute atomic E-state index is 12.4. The van der Waals surface area contributed by atoms with Crippen molar-refractivity contribution < 1.29 is 4.79 Å². The van der Waals surface area contributed by atoms with Gasteiger partial charge in [-0.05, 0) is 22.4 Å². The Bertz CT molecular complexity index is 700. The van der Waals surface area contributed by atoms with Gasteiger partial charge in [0.15, 0.2) is 0 Å². The van der Waals surface area contributed by atoms with Gasteiger partial charge in [0, 0.05) is 51.5 Å². The molecule has 0 bridgehead atoms. The third-order valence-corrected chi connectivity index (χ3v) is 5.02. The highest BCUT2D eigenvalue weighted by Crippen LogP contribution is 2.16. The SMILES string of the molecule is Cl.O=C(Cn1cc(Br)c(=O)[nH]c1=O)N1CCC(N2CCNCC2)C1. The first kappa shape index (κ1) is 19.2. The number of rotatable bonds is 3. The van der Waals surface area contributed by atoms with Gasteiger partial charge in [-0.2, -0.15) is 0 Å². The number of aromatic nitrogens is 2. The molecule has 3 heterocycles. The highest BCUT2D eigenvalue weighted by Gasteiger charge is 2.30. The lowest BCUT2D eigenvalue weighted by Gasteiger charge is -2.32. The minimum absolute atomic E-state index is 0. The van der Waals surface area contributed by atoms with Gasteiger partial charge in [-0.3, -0.25) is 24.0 Å². The molecule has 0 aromatic carbocycles. The van der Waals surface area contributed by atoms with Crippen LogP contribution in [0.4, 0.5) is 0 Å². The summed E-state index contributed by atoms with van der Waals surface area (Å²) in [4.78, 5) is 41.9. The van der Waals surface area contributed by atoms with Crippen LogP contribution < -0.4 is 16.6 Å². The van der Waals surface area contributed by atoms with Crippen LogP contribution in [-0.4, -0.2) is 70.6 Å². The second-order valence-electron chi connectivity index (χ2n) is 5.93. The summed E-state index contributed by atoms with van der Waals surface area (Å²) >= 11 is 3.07. The van der Waals surface area contributed by atoms with E-state index < -0.39 is 11.2 Å². The lowest BCUT2D eigenvalue weighted by molar-refractivity contribution is -0.131. The highest BCUT2D eigenvalue weighted by molar-refractivity contribution is 9.10. The van der Waals surface area contributed by atoms with Crippen molar-refractivity contribution in [1.29, 1.82) is 0 Å². The van der Waals surface area contributed by atoms with Gasteiger partial charge in [0.2, 0.25) is 5.91 Å². The summed E-state index contributed by atoms with van der Waals surface area (Å²) in [6.45, 7) is 5.38. The molecular weight excluding hydrogens is 402 g/mol. The van der Waals surface area contributed by atoms with Gasteiger partial charge in [0.05, 0.1) is 4.47 Å². The van der Waals surface area contributed by atoms with Crippen LogP contribution in [0.25, 0.3) is 0 Å². The number of carbonyl (C=O) groups is 1. The fourth-order valence-electron chi connectivity index (χ4n) is 3.16. The summed E-state index contributed by atoms with van der Waals surface area (Å²) in [6.07, 6.45) is 2.33. The van der Waals surface area contributed by atoms with Crippen molar-refractivity contribution in [2.45, 2.75) is 19.0 Å². The molecule has 2 fully saturated rings. The third-order valence-electron chi connectivity index (χ3n) is 4.46. The normalized spacial score (nSPS) is 21.5. The largest absolute Gasteiger partial charge is 0.340 e. The molecule has 0 radical (unpaired) electrons. The van der Waals surface area contributed by atoms with E-state index in [1.165, 1.54) is 10.8 Å². The van der Waals surface area contributed by atoms with Crippen molar-refractivity contribution in [3.05, 3.63) is 31.5 Å². The van der Waals surface area contributed by atoms with Gasteiger partial charge in [-0.1, -0.05) is 0 Å². The minimum atomic E-state index is -0.565. The molecular formula is C14H21BrClN5O3. The van der Waals surface area contributed by atoms with Gasteiger partial charge < -0.3 is 10.2 Å². The van der Waals surface area contributed by atoms with Crippen molar-refractivity contribution in [1.82, 2.24) is 24.7 Å². The van der Waals surface area contributed by atoms with Crippen LogP contribution in [0.15, 0.2) is 20.3 Å². The first-order chi connectivity index (χ1) is 11.0. The average Bonchev–Trinajstić information content (AvgIpc) is 3.03. The monoisotopic (exact) mass is 421 g/mol. The van der Waals surface area contributed by atoms with E-state index in [1.54, 1.807) is 4.90 Å². The van der Waals surface area contributed by atoms with Crippen LogP contribution in [0.2, 0.25) is 0 Å². The third kappa shape index (κ3) is 4.27. The molecule has 2 saturated heterocycles. The average molecular weight is 423 g/mol. The molecule has 2 aliphatic rings. The second kappa shape index (κ2) is 8.28. The Morgan fingerprint density at radius 1 is 1.25 bits per heavy atom. The van der Waals surface area contributed by atoms with E-state index >= 15 is 0 Å². The van der Waals surface area contributed by atoms with E-state index in [4.69, 9.17) is 0 Å². The first-order valence-corrected chi connectivity index (χ1v) is 8.55. The summed E-state index contributed by atoms with van der Waals surface area (Å²) in [6, 6.07) is 0.403. The van der Waals surface area contributed by atoms with E-state index in [0.29, 0.717) is 19.1 Å². The number of H-pyrrole nitrogens is 1. The van der Waals surface area contributed by atoms with Gasteiger partial charge in [0.1, 0.15) is 6.54 Å². The fraction of sp³-hybridized carbons (Fsp3) is 0.643. The van der Waals surface area contributed by atoms with Gasteiger partial charge in [0.25, 0.3) is 5.56 Å². The second-order valence-corrected chi connectivity index (χ2v) is 6.79. The summed E-state index contributed by atoms with van der Waals surface area (Å²) in [5, 5.41) is 3.33. The zero-order valence-electron chi connectivity index (χ0n) is 13.2. The number of aromatic amines is 1. The highest BCUT2D eigenvalue weighted by atomic mass is 79.9. The molecule has 1 aromatic rings. The molecule has 134 valence electrons. The van der Waals surface area contributed by atoms with Crippen LogP contribution in [0.3, 0.4) is 0 Å². The number of amides is 1. The van der Waals surface area contributed by atoms with E-state index in [1.807, 2.05) is 0 Å². The van der Waals surface area contributed by atoms with E-state index in [2.05, 4.69) is 31.1 Å². The molecule has 0 aliphatic carbocycles. The predicted molar refractivity (Wildman–Crippen MR) is 95.7 cm³/mol.